The average Bonchev–Trinajstić information content (AvgIpc) is 2.98. The van der Waals surface area contributed by atoms with Crippen LogP contribution in [0.15, 0.2) is 94.7 Å². The van der Waals surface area contributed by atoms with Crippen molar-refractivity contribution in [2.24, 2.45) is 4.99 Å². The Labute approximate surface area is 259 Å². The SMILES string of the molecule is C[C@@H]1CN(c2cccc(F)c2N2C(Cl)=C(C=O)N=CC2CO[Si](c2ccccc2)(c2ccccc2)C(C)(C)C)C[C@H](C)O1. The normalized spacial score (nSPS) is 21.3. The van der Waals surface area contributed by atoms with Gasteiger partial charge in [-0.3, -0.25) is 9.79 Å². The number of aliphatic imine (C=N–C) groups is 1. The van der Waals surface area contributed by atoms with E-state index in [1.807, 2.05) is 56.3 Å². The van der Waals surface area contributed by atoms with Crippen molar-refractivity contribution in [3.63, 3.8) is 0 Å². The zero-order valence-corrected chi connectivity index (χ0v) is 27.1. The second-order valence-corrected chi connectivity index (χ2v) is 16.9. The van der Waals surface area contributed by atoms with Crippen LogP contribution >= 0.6 is 11.6 Å². The number of rotatable bonds is 8. The van der Waals surface area contributed by atoms with Crippen LogP contribution in [0.2, 0.25) is 5.04 Å². The molecule has 0 bridgehead atoms. The van der Waals surface area contributed by atoms with E-state index >= 15 is 4.39 Å². The largest absolute Gasteiger partial charge is 0.405 e. The molecule has 3 aromatic carbocycles. The topological polar surface area (TPSA) is 54.4 Å². The van der Waals surface area contributed by atoms with E-state index in [9.17, 15) is 4.79 Å². The van der Waals surface area contributed by atoms with Crippen LogP contribution < -0.4 is 20.2 Å². The molecule has 2 aliphatic heterocycles. The maximum atomic E-state index is 16.0. The predicted molar refractivity (Wildman–Crippen MR) is 176 cm³/mol. The summed E-state index contributed by atoms with van der Waals surface area (Å²) in [6.07, 6.45) is 2.18. The Bertz CT molecular complexity index is 1450. The first-order valence-corrected chi connectivity index (χ1v) is 17.0. The van der Waals surface area contributed by atoms with Crippen molar-refractivity contribution in [2.75, 3.05) is 29.5 Å². The fourth-order valence-corrected chi connectivity index (χ4v) is 11.2. The van der Waals surface area contributed by atoms with E-state index in [0.29, 0.717) is 25.1 Å². The molecule has 1 saturated heterocycles. The Morgan fingerprint density at radius 1 is 0.977 bits per heavy atom. The molecule has 3 aromatic rings. The molecule has 0 radical (unpaired) electrons. The van der Waals surface area contributed by atoms with Gasteiger partial charge in [0.2, 0.25) is 0 Å². The summed E-state index contributed by atoms with van der Waals surface area (Å²) in [6.45, 7) is 12.0. The van der Waals surface area contributed by atoms with E-state index in [1.165, 1.54) is 6.07 Å². The Morgan fingerprint density at radius 3 is 2.09 bits per heavy atom. The summed E-state index contributed by atoms with van der Waals surface area (Å²) in [4.78, 5) is 20.2. The van der Waals surface area contributed by atoms with Gasteiger partial charge in [0.1, 0.15) is 22.4 Å². The molecule has 0 spiro atoms. The summed E-state index contributed by atoms with van der Waals surface area (Å²) in [6, 6.07) is 25.1. The minimum atomic E-state index is -2.93. The van der Waals surface area contributed by atoms with Gasteiger partial charge in [-0.2, -0.15) is 0 Å². The second-order valence-electron chi connectivity index (χ2n) is 12.3. The number of halogens is 2. The van der Waals surface area contributed by atoms with Crippen LogP contribution in [-0.4, -0.2) is 58.8 Å². The van der Waals surface area contributed by atoms with Crippen LogP contribution in [0.1, 0.15) is 34.6 Å². The summed E-state index contributed by atoms with van der Waals surface area (Å²) in [5.74, 6) is -0.446. The monoisotopic (exact) mass is 619 g/mol. The Morgan fingerprint density at radius 2 is 1.56 bits per heavy atom. The summed E-state index contributed by atoms with van der Waals surface area (Å²) < 4.78 is 29.2. The molecule has 1 unspecified atom stereocenters. The number of benzene rings is 3. The molecule has 0 amide bonds. The van der Waals surface area contributed by atoms with Gasteiger partial charge < -0.3 is 19.0 Å². The summed E-state index contributed by atoms with van der Waals surface area (Å²) in [5, 5.41) is 2.06. The quantitative estimate of drug-likeness (QED) is 0.179. The highest BCUT2D eigenvalue weighted by atomic mass is 35.5. The molecule has 3 atom stereocenters. The fraction of sp³-hybridized carbons (Fsp3) is 0.353. The molecule has 6 nitrogen and oxygen atoms in total. The molecule has 43 heavy (non-hydrogen) atoms. The van der Waals surface area contributed by atoms with E-state index in [4.69, 9.17) is 20.8 Å². The van der Waals surface area contributed by atoms with Crippen molar-refractivity contribution in [1.29, 1.82) is 0 Å². The van der Waals surface area contributed by atoms with E-state index < -0.39 is 20.2 Å². The third-order valence-corrected chi connectivity index (χ3v) is 13.5. The maximum absolute atomic E-state index is 16.0. The zero-order valence-electron chi connectivity index (χ0n) is 25.3. The molecule has 2 heterocycles. The molecule has 1 fully saturated rings. The Balaban J connectivity index is 1.61. The van der Waals surface area contributed by atoms with Crippen LogP contribution in [0.25, 0.3) is 0 Å². The molecule has 0 aromatic heterocycles. The minimum Gasteiger partial charge on any atom is -0.405 e. The van der Waals surface area contributed by atoms with Gasteiger partial charge in [0.25, 0.3) is 8.32 Å². The number of anilines is 2. The maximum Gasteiger partial charge on any atom is 0.261 e. The fourth-order valence-electron chi connectivity index (χ4n) is 6.36. The van der Waals surface area contributed by atoms with Crippen molar-refractivity contribution in [3.8, 4) is 0 Å². The lowest BCUT2D eigenvalue weighted by atomic mass is 10.1. The Kier molecular flexibility index (Phi) is 9.22. The van der Waals surface area contributed by atoms with Crippen molar-refractivity contribution in [3.05, 3.63) is 95.5 Å². The number of allylic oxidation sites excluding steroid dienone is 1. The van der Waals surface area contributed by atoms with Gasteiger partial charge in [-0.15, -0.1) is 0 Å². The zero-order chi connectivity index (χ0) is 30.8. The number of carbonyl (C=O) groups excluding carboxylic acids is 1. The first-order chi connectivity index (χ1) is 20.6. The van der Waals surface area contributed by atoms with Gasteiger partial charge in [-0.05, 0) is 41.4 Å². The molecule has 0 saturated carbocycles. The number of nitrogens with zero attached hydrogens (tertiary/aromatic N) is 3. The van der Waals surface area contributed by atoms with Crippen LogP contribution in [-0.2, 0) is 14.0 Å². The smallest absolute Gasteiger partial charge is 0.261 e. The number of aldehydes is 1. The molecular weight excluding hydrogens is 581 g/mol. The van der Waals surface area contributed by atoms with Crippen LogP contribution in [0.4, 0.5) is 15.8 Å². The van der Waals surface area contributed by atoms with Gasteiger partial charge in [-0.25, -0.2) is 4.39 Å². The van der Waals surface area contributed by atoms with Crippen molar-refractivity contribution in [1.82, 2.24) is 0 Å². The molecule has 226 valence electrons. The summed E-state index contributed by atoms with van der Waals surface area (Å²) in [7, 11) is -2.93. The number of para-hydroxylation sites is 1. The lowest BCUT2D eigenvalue weighted by Crippen LogP contribution is -2.67. The standard InChI is InChI=1S/C34H39ClFN3O3Si/c1-24-20-38(21-25(2)42-24)31-18-12-17-29(36)32(31)39-26(19-37-30(22-40)33(39)35)23-41-43(34(3,4)5,27-13-8-6-9-14-27)28-15-10-7-11-16-28/h6-19,22,24-26H,20-21,23H2,1-5H3/t24-,25+,26?. The van der Waals surface area contributed by atoms with Crippen molar-refractivity contribution < 1.29 is 18.3 Å². The van der Waals surface area contributed by atoms with Gasteiger partial charge in [0, 0.05) is 19.3 Å². The number of carbonyl (C=O) groups is 1. The van der Waals surface area contributed by atoms with E-state index in [0.717, 1.165) is 10.4 Å². The summed E-state index contributed by atoms with van der Waals surface area (Å²) in [5.41, 5.74) is 1.01. The Hall–Kier alpha value is -3.30. The molecule has 5 rings (SSSR count). The predicted octanol–water partition coefficient (Wildman–Crippen LogP) is 5.88. The van der Waals surface area contributed by atoms with Gasteiger partial charge >= 0.3 is 0 Å². The lowest BCUT2D eigenvalue weighted by Gasteiger charge is -2.45. The molecule has 9 heteroatoms. The number of morpholine rings is 1. The lowest BCUT2D eigenvalue weighted by molar-refractivity contribution is -0.105. The first-order valence-electron chi connectivity index (χ1n) is 14.7. The highest BCUT2D eigenvalue weighted by Gasteiger charge is 2.51. The van der Waals surface area contributed by atoms with E-state index in [1.54, 1.807) is 17.2 Å². The second kappa shape index (κ2) is 12.7. The summed E-state index contributed by atoms with van der Waals surface area (Å²) >= 11 is 6.90. The third kappa shape index (κ3) is 6.06. The third-order valence-electron chi connectivity index (χ3n) is 8.11. The number of hydrogen-bond donors (Lipinski definition) is 0. The van der Waals surface area contributed by atoms with Crippen molar-refractivity contribution >= 4 is 54.2 Å². The van der Waals surface area contributed by atoms with Crippen LogP contribution in [0.5, 0.6) is 0 Å². The van der Waals surface area contributed by atoms with Crippen LogP contribution in [0, 0.1) is 5.82 Å². The first kappa shape index (κ1) is 31.1. The molecule has 0 aliphatic carbocycles. The van der Waals surface area contributed by atoms with Crippen LogP contribution in [0.3, 0.4) is 0 Å². The molecule has 2 aliphatic rings. The highest BCUT2D eigenvalue weighted by molar-refractivity contribution is 6.99. The number of hydrogen-bond acceptors (Lipinski definition) is 6. The molecular formula is C34H39ClFN3O3Si. The van der Waals surface area contributed by atoms with Gasteiger partial charge in [0.05, 0.1) is 30.5 Å². The van der Waals surface area contributed by atoms with Gasteiger partial charge in [-0.1, -0.05) is 99.1 Å². The molecule has 0 N–H and O–H groups in total. The highest BCUT2D eigenvalue weighted by Crippen LogP contribution is 2.41. The number of ether oxygens (including phenoxy) is 1. The van der Waals surface area contributed by atoms with E-state index in [-0.39, 0.29) is 40.4 Å². The minimum absolute atomic E-state index is 0.0337. The van der Waals surface area contributed by atoms with Crippen molar-refractivity contribution in [2.45, 2.75) is 57.9 Å². The average molecular weight is 620 g/mol. The van der Waals surface area contributed by atoms with E-state index in [2.05, 4.69) is 54.9 Å². The van der Waals surface area contributed by atoms with Gasteiger partial charge in [0.15, 0.2) is 6.29 Å².